The molecule has 3 aromatic rings. The van der Waals surface area contributed by atoms with Crippen LogP contribution in [0.1, 0.15) is 16.1 Å². The second-order valence-electron chi connectivity index (χ2n) is 4.66. The lowest BCUT2D eigenvalue weighted by Crippen LogP contribution is -2.05. The van der Waals surface area contributed by atoms with Crippen LogP contribution >= 0.6 is 0 Å². The quantitative estimate of drug-likeness (QED) is 0.753. The predicted octanol–water partition coefficient (Wildman–Crippen LogP) is 3.95. The van der Waals surface area contributed by atoms with E-state index in [9.17, 15) is 23.1 Å². The van der Waals surface area contributed by atoms with E-state index in [0.29, 0.717) is 17.1 Å². The van der Waals surface area contributed by atoms with Crippen molar-refractivity contribution in [2.45, 2.75) is 6.18 Å². The first-order valence-electron chi connectivity index (χ1n) is 6.25. The Balaban J connectivity index is 2.21. The van der Waals surface area contributed by atoms with Crippen molar-refractivity contribution in [3.63, 3.8) is 0 Å². The van der Waals surface area contributed by atoms with Crippen LogP contribution in [0.15, 0.2) is 42.6 Å². The number of nitrogens with zero attached hydrogens (tertiary/aromatic N) is 1. The molecule has 0 saturated heterocycles. The predicted molar refractivity (Wildman–Crippen MR) is 73.5 cm³/mol. The third-order valence-corrected chi connectivity index (χ3v) is 3.27. The van der Waals surface area contributed by atoms with Crippen LogP contribution in [0.5, 0.6) is 0 Å². The molecule has 22 heavy (non-hydrogen) atoms. The number of aromatic amines is 1. The summed E-state index contributed by atoms with van der Waals surface area (Å²) in [4.78, 5) is 17.9. The summed E-state index contributed by atoms with van der Waals surface area (Å²) in [6.07, 6.45) is -3.79. The van der Waals surface area contributed by atoms with E-state index in [1.807, 2.05) is 0 Å². The molecule has 0 aliphatic carbocycles. The standard InChI is InChI=1S/C15H9F3N2O2/c16-15(17,18)8-5-6-11(19-7-8)12-9-3-1-2-4-10(9)20-13(12)14(21)22/h1-7,20H,(H,21,22). The molecule has 2 N–H and O–H groups in total. The molecule has 0 aliphatic rings. The molecule has 0 unspecified atom stereocenters. The summed E-state index contributed by atoms with van der Waals surface area (Å²) < 4.78 is 37.7. The van der Waals surface area contributed by atoms with Gasteiger partial charge in [0.25, 0.3) is 0 Å². The number of carboxylic acids is 1. The molecule has 0 atom stereocenters. The van der Waals surface area contributed by atoms with Gasteiger partial charge in [-0.1, -0.05) is 18.2 Å². The monoisotopic (exact) mass is 306 g/mol. The maximum atomic E-state index is 12.6. The molecule has 3 rings (SSSR count). The number of para-hydroxylation sites is 1. The SMILES string of the molecule is O=C(O)c1[nH]c2ccccc2c1-c1ccc(C(F)(F)F)cn1. The van der Waals surface area contributed by atoms with E-state index in [0.717, 1.165) is 6.07 Å². The number of hydrogen-bond donors (Lipinski definition) is 2. The Morgan fingerprint density at radius 3 is 2.45 bits per heavy atom. The van der Waals surface area contributed by atoms with Gasteiger partial charge in [0, 0.05) is 22.7 Å². The highest BCUT2D eigenvalue weighted by Crippen LogP contribution is 2.33. The zero-order valence-electron chi connectivity index (χ0n) is 11.0. The average molecular weight is 306 g/mol. The molecule has 0 fully saturated rings. The van der Waals surface area contributed by atoms with E-state index >= 15 is 0 Å². The molecule has 7 heteroatoms. The van der Waals surface area contributed by atoms with Gasteiger partial charge in [0.15, 0.2) is 0 Å². The molecule has 2 heterocycles. The van der Waals surface area contributed by atoms with E-state index in [-0.39, 0.29) is 17.0 Å². The number of benzene rings is 1. The minimum atomic E-state index is -4.48. The van der Waals surface area contributed by atoms with Crippen LogP contribution in [0.4, 0.5) is 13.2 Å². The van der Waals surface area contributed by atoms with Gasteiger partial charge in [-0.25, -0.2) is 4.79 Å². The maximum Gasteiger partial charge on any atom is 0.417 e. The minimum absolute atomic E-state index is 0.103. The molecular formula is C15H9F3N2O2. The number of pyridine rings is 1. The third-order valence-electron chi connectivity index (χ3n) is 3.27. The fourth-order valence-electron chi connectivity index (χ4n) is 2.28. The van der Waals surface area contributed by atoms with Crippen molar-refractivity contribution in [1.29, 1.82) is 0 Å². The van der Waals surface area contributed by atoms with Gasteiger partial charge in [0.2, 0.25) is 0 Å². The highest BCUT2D eigenvalue weighted by Gasteiger charge is 2.31. The second kappa shape index (κ2) is 4.87. The Morgan fingerprint density at radius 2 is 1.86 bits per heavy atom. The van der Waals surface area contributed by atoms with Crippen LogP contribution in [-0.4, -0.2) is 21.0 Å². The van der Waals surface area contributed by atoms with E-state index < -0.39 is 17.7 Å². The molecule has 1 aromatic carbocycles. The van der Waals surface area contributed by atoms with Crippen molar-refractivity contribution >= 4 is 16.9 Å². The van der Waals surface area contributed by atoms with Crippen LogP contribution in [0.2, 0.25) is 0 Å². The summed E-state index contributed by atoms with van der Waals surface area (Å²) in [5.74, 6) is -1.20. The molecular weight excluding hydrogens is 297 g/mol. The van der Waals surface area contributed by atoms with Gasteiger partial charge in [-0.2, -0.15) is 13.2 Å². The lowest BCUT2D eigenvalue weighted by Gasteiger charge is -2.07. The molecule has 4 nitrogen and oxygen atoms in total. The lowest BCUT2D eigenvalue weighted by atomic mass is 10.1. The zero-order valence-corrected chi connectivity index (χ0v) is 11.0. The Bertz CT molecular complexity index is 851. The van der Waals surface area contributed by atoms with E-state index in [1.54, 1.807) is 24.3 Å². The summed E-state index contributed by atoms with van der Waals surface area (Å²) in [6.45, 7) is 0. The number of H-pyrrole nitrogens is 1. The van der Waals surface area contributed by atoms with Gasteiger partial charge < -0.3 is 10.1 Å². The number of aromatic carboxylic acids is 1. The summed E-state index contributed by atoms with van der Waals surface area (Å²) in [7, 11) is 0. The van der Waals surface area contributed by atoms with Crippen molar-refractivity contribution in [3.8, 4) is 11.3 Å². The number of rotatable bonds is 2. The molecule has 0 radical (unpaired) electrons. The fourth-order valence-corrected chi connectivity index (χ4v) is 2.28. The molecule has 0 spiro atoms. The van der Waals surface area contributed by atoms with Crippen molar-refractivity contribution in [2.75, 3.05) is 0 Å². The third kappa shape index (κ3) is 2.30. The average Bonchev–Trinajstić information content (AvgIpc) is 2.86. The van der Waals surface area contributed by atoms with E-state index in [2.05, 4.69) is 9.97 Å². The molecule has 112 valence electrons. The second-order valence-corrected chi connectivity index (χ2v) is 4.66. The Labute approximate surface area is 122 Å². The summed E-state index contributed by atoms with van der Waals surface area (Å²) in [5, 5.41) is 9.86. The molecule has 0 bridgehead atoms. The number of halogens is 3. The first-order chi connectivity index (χ1) is 10.4. The number of carboxylic acid groups (broad SMARTS) is 1. The van der Waals surface area contributed by atoms with Crippen LogP contribution in [0.25, 0.3) is 22.2 Å². The van der Waals surface area contributed by atoms with E-state index in [1.165, 1.54) is 6.07 Å². The van der Waals surface area contributed by atoms with Gasteiger partial charge >= 0.3 is 12.1 Å². The normalized spacial score (nSPS) is 11.8. The van der Waals surface area contributed by atoms with Gasteiger partial charge in [-0.3, -0.25) is 4.98 Å². The summed E-state index contributed by atoms with van der Waals surface area (Å²) >= 11 is 0. The van der Waals surface area contributed by atoms with Gasteiger partial charge in [-0.05, 0) is 18.2 Å². The number of nitrogens with one attached hydrogen (secondary N) is 1. The maximum absolute atomic E-state index is 12.6. The van der Waals surface area contributed by atoms with Crippen molar-refractivity contribution in [1.82, 2.24) is 9.97 Å². The van der Waals surface area contributed by atoms with Crippen LogP contribution in [0, 0.1) is 0 Å². The molecule has 0 saturated carbocycles. The zero-order chi connectivity index (χ0) is 15.9. The van der Waals surface area contributed by atoms with Gasteiger partial charge in [-0.15, -0.1) is 0 Å². The van der Waals surface area contributed by atoms with Crippen molar-refractivity contribution in [3.05, 3.63) is 53.9 Å². The minimum Gasteiger partial charge on any atom is -0.477 e. The van der Waals surface area contributed by atoms with E-state index in [4.69, 9.17) is 0 Å². The van der Waals surface area contributed by atoms with Crippen LogP contribution in [0.3, 0.4) is 0 Å². The number of alkyl halides is 3. The smallest absolute Gasteiger partial charge is 0.417 e. The highest BCUT2D eigenvalue weighted by molar-refractivity contribution is 6.06. The molecule has 2 aromatic heterocycles. The highest BCUT2D eigenvalue weighted by atomic mass is 19.4. The van der Waals surface area contributed by atoms with Crippen LogP contribution < -0.4 is 0 Å². The first-order valence-corrected chi connectivity index (χ1v) is 6.25. The molecule has 0 aliphatic heterocycles. The number of carbonyl (C=O) groups is 1. The topological polar surface area (TPSA) is 66.0 Å². The first kappa shape index (κ1) is 14.1. The summed E-state index contributed by atoms with van der Waals surface area (Å²) in [6, 6.07) is 8.88. The summed E-state index contributed by atoms with van der Waals surface area (Å²) in [5.41, 5.74) is 0.0395. The number of fused-ring (bicyclic) bond motifs is 1. The number of hydrogen-bond acceptors (Lipinski definition) is 2. The molecule has 0 amide bonds. The fraction of sp³-hybridized carbons (Fsp3) is 0.0667. The Morgan fingerprint density at radius 1 is 1.14 bits per heavy atom. The Hall–Kier alpha value is -2.83. The van der Waals surface area contributed by atoms with Crippen LogP contribution in [-0.2, 0) is 6.18 Å². The van der Waals surface area contributed by atoms with Crippen molar-refractivity contribution < 1.29 is 23.1 Å². The van der Waals surface area contributed by atoms with Gasteiger partial charge in [0.05, 0.1) is 11.3 Å². The van der Waals surface area contributed by atoms with Gasteiger partial charge in [0.1, 0.15) is 5.69 Å². The largest absolute Gasteiger partial charge is 0.477 e. The lowest BCUT2D eigenvalue weighted by molar-refractivity contribution is -0.137. The Kier molecular flexibility index (Phi) is 3.13. The van der Waals surface area contributed by atoms with Crippen molar-refractivity contribution in [2.24, 2.45) is 0 Å². The number of aromatic nitrogens is 2.